The first-order valence-corrected chi connectivity index (χ1v) is 5.51. The maximum Gasteiger partial charge on any atom is 0.252 e. The lowest BCUT2D eigenvalue weighted by atomic mass is 10.2. The third-order valence-electron chi connectivity index (χ3n) is 2.42. The molecule has 0 saturated carbocycles. The van der Waals surface area contributed by atoms with E-state index in [0.717, 1.165) is 0 Å². The fourth-order valence-electron chi connectivity index (χ4n) is 1.58. The van der Waals surface area contributed by atoms with E-state index in [0.29, 0.717) is 36.6 Å². The number of anilines is 2. The highest BCUT2D eigenvalue weighted by molar-refractivity contribution is 5.98. The fraction of sp³-hybridized carbons (Fsp3) is 0.455. The molecular weight excluding hydrogens is 220 g/mol. The number of nitrogens with two attached hydrogens (primary N) is 2. The van der Waals surface area contributed by atoms with E-state index in [9.17, 15) is 4.79 Å². The van der Waals surface area contributed by atoms with E-state index >= 15 is 0 Å². The molecule has 0 unspecified atom stereocenters. The quantitative estimate of drug-likeness (QED) is 0.645. The number of primary amides is 1. The first-order valence-electron chi connectivity index (χ1n) is 5.51. The van der Waals surface area contributed by atoms with E-state index < -0.39 is 5.91 Å². The summed E-state index contributed by atoms with van der Waals surface area (Å²) in [4.78, 5) is 17.3. The Hall–Kier alpha value is -1.82. The van der Waals surface area contributed by atoms with E-state index in [-0.39, 0.29) is 6.61 Å². The lowest BCUT2D eigenvalue weighted by Crippen LogP contribution is -2.29. The molecule has 5 N–H and O–H groups in total. The van der Waals surface area contributed by atoms with Crippen molar-refractivity contribution in [1.82, 2.24) is 4.98 Å². The summed E-state index contributed by atoms with van der Waals surface area (Å²) >= 11 is 0. The standard InChI is InChI=1S/C11H18N4O2/c1-2-15(4-3-5-16)11-9(10(13)17)6-8(12)7-14-11/h6-7,16H,2-5,12H2,1H3,(H2,13,17). The van der Waals surface area contributed by atoms with Gasteiger partial charge in [-0.05, 0) is 19.4 Å². The second-order valence-electron chi connectivity index (χ2n) is 3.66. The minimum absolute atomic E-state index is 0.0946. The van der Waals surface area contributed by atoms with Crippen LogP contribution in [-0.2, 0) is 0 Å². The van der Waals surface area contributed by atoms with Gasteiger partial charge in [-0.1, -0.05) is 0 Å². The van der Waals surface area contributed by atoms with E-state index in [1.807, 2.05) is 11.8 Å². The van der Waals surface area contributed by atoms with Crippen molar-refractivity contribution in [3.05, 3.63) is 17.8 Å². The number of carbonyl (C=O) groups excluding carboxylic acids is 1. The van der Waals surface area contributed by atoms with Crippen LogP contribution in [0.5, 0.6) is 0 Å². The molecule has 0 radical (unpaired) electrons. The predicted molar refractivity (Wildman–Crippen MR) is 66.8 cm³/mol. The maximum absolute atomic E-state index is 11.3. The second-order valence-corrected chi connectivity index (χ2v) is 3.66. The molecule has 0 aliphatic carbocycles. The molecule has 17 heavy (non-hydrogen) atoms. The van der Waals surface area contributed by atoms with Crippen LogP contribution in [0, 0.1) is 0 Å². The molecule has 6 nitrogen and oxygen atoms in total. The molecule has 0 aromatic carbocycles. The Morgan fingerprint density at radius 3 is 2.82 bits per heavy atom. The molecule has 0 bridgehead atoms. The maximum atomic E-state index is 11.3. The smallest absolute Gasteiger partial charge is 0.252 e. The minimum atomic E-state index is -0.553. The molecule has 1 rings (SSSR count). The van der Waals surface area contributed by atoms with E-state index in [1.165, 1.54) is 12.3 Å². The van der Waals surface area contributed by atoms with Crippen molar-refractivity contribution in [2.24, 2.45) is 5.73 Å². The van der Waals surface area contributed by atoms with Gasteiger partial charge in [-0.3, -0.25) is 4.79 Å². The van der Waals surface area contributed by atoms with Crippen LogP contribution in [0.2, 0.25) is 0 Å². The Bertz CT molecular complexity index is 395. The summed E-state index contributed by atoms with van der Waals surface area (Å²) in [7, 11) is 0. The Morgan fingerprint density at radius 2 is 2.29 bits per heavy atom. The van der Waals surface area contributed by atoms with Gasteiger partial charge in [0.1, 0.15) is 5.82 Å². The van der Waals surface area contributed by atoms with Crippen molar-refractivity contribution < 1.29 is 9.90 Å². The zero-order valence-electron chi connectivity index (χ0n) is 9.89. The van der Waals surface area contributed by atoms with Crippen molar-refractivity contribution in [2.75, 3.05) is 30.3 Å². The lowest BCUT2D eigenvalue weighted by molar-refractivity contribution is 0.100. The molecule has 0 aliphatic heterocycles. The van der Waals surface area contributed by atoms with Crippen LogP contribution in [0.1, 0.15) is 23.7 Å². The molecular formula is C11H18N4O2. The number of nitrogen functional groups attached to an aromatic ring is 1. The molecule has 94 valence electrons. The Kier molecular flexibility index (Phi) is 4.71. The number of nitrogens with zero attached hydrogens (tertiary/aromatic N) is 2. The van der Waals surface area contributed by atoms with Gasteiger partial charge in [-0.15, -0.1) is 0 Å². The number of hydrogen-bond acceptors (Lipinski definition) is 5. The van der Waals surface area contributed by atoms with E-state index in [2.05, 4.69) is 4.98 Å². The van der Waals surface area contributed by atoms with Crippen LogP contribution in [0.25, 0.3) is 0 Å². The van der Waals surface area contributed by atoms with Crippen LogP contribution < -0.4 is 16.4 Å². The highest BCUT2D eigenvalue weighted by atomic mass is 16.3. The van der Waals surface area contributed by atoms with Gasteiger partial charge in [-0.2, -0.15) is 0 Å². The van der Waals surface area contributed by atoms with Crippen molar-refractivity contribution >= 4 is 17.4 Å². The summed E-state index contributed by atoms with van der Waals surface area (Å²) in [6.45, 7) is 3.33. The summed E-state index contributed by atoms with van der Waals surface area (Å²) < 4.78 is 0. The van der Waals surface area contributed by atoms with Crippen LogP contribution in [0.3, 0.4) is 0 Å². The zero-order valence-corrected chi connectivity index (χ0v) is 9.89. The monoisotopic (exact) mass is 238 g/mol. The number of pyridine rings is 1. The third-order valence-corrected chi connectivity index (χ3v) is 2.42. The fourth-order valence-corrected chi connectivity index (χ4v) is 1.58. The van der Waals surface area contributed by atoms with Gasteiger partial charge in [0.15, 0.2) is 0 Å². The molecule has 0 spiro atoms. The SMILES string of the molecule is CCN(CCCO)c1ncc(N)cc1C(N)=O. The van der Waals surface area contributed by atoms with Gasteiger partial charge in [0.25, 0.3) is 5.91 Å². The van der Waals surface area contributed by atoms with Gasteiger partial charge < -0.3 is 21.5 Å². The normalized spacial score (nSPS) is 10.2. The number of aliphatic hydroxyl groups excluding tert-OH is 1. The van der Waals surface area contributed by atoms with Crippen molar-refractivity contribution in [3.63, 3.8) is 0 Å². The van der Waals surface area contributed by atoms with Crippen molar-refractivity contribution in [1.29, 1.82) is 0 Å². The van der Waals surface area contributed by atoms with Gasteiger partial charge >= 0.3 is 0 Å². The molecule has 1 aromatic heterocycles. The Morgan fingerprint density at radius 1 is 1.59 bits per heavy atom. The van der Waals surface area contributed by atoms with Crippen LogP contribution in [-0.4, -0.2) is 35.7 Å². The number of aromatic nitrogens is 1. The molecule has 0 saturated heterocycles. The molecule has 1 aromatic rings. The second kappa shape index (κ2) is 6.05. The molecule has 1 heterocycles. The largest absolute Gasteiger partial charge is 0.397 e. The Balaban J connectivity index is 3.05. The molecule has 6 heteroatoms. The van der Waals surface area contributed by atoms with Gasteiger partial charge in [0.05, 0.1) is 17.4 Å². The highest BCUT2D eigenvalue weighted by Gasteiger charge is 2.15. The Labute approximate surface area is 100 Å². The average molecular weight is 238 g/mol. The van der Waals surface area contributed by atoms with Crippen molar-refractivity contribution in [3.8, 4) is 0 Å². The molecule has 0 atom stereocenters. The van der Waals surface area contributed by atoms with Crippen LogP contribution >= 0.6 is 0 Å². The summed E-state index contributed by atoms with van der Waals surface area (Å²) in [5.41, 5.74) is 11.6. The number of rotatable bonds is 6. The molecule has 0 aliphatic rings. The lowest BCUT2D eigenvalue weighted by Gasteiger charge is -2.23. The van der Waals surface area contributed by atoms with Crippen molar-refractivity contribution in [2.45, 2.75) is 13.3 Å². The topological polar surface area (TPSA) is 105 Å². The third kappa shape index (κ3) is 3.32. The summed E-state index contributed by atoms with van der Waals surface area (Å²) in [5.74, 6) is -0.0371. The first kappa shape index (κ1) is 13.2. The zero-order chi connectivity index (χ0) is 12.8. The number of amides is 1. The number of hydrogen-bond donors (Lipinski definition) is 3. The van der Waals surface area contributed by atoms with Crippen LogP contribution in [0.4, 0.5) is 11.5 Å². The first-order chi connectivity index (χ1) is 8.10. The number of carbonyl (C=O) groups is 1. The van der Waals surface area contributed by atoms with Gasteiger partial charge in [-0.25, -0.2) is 4.98 Å². The molecule has 0 fully saturated rings. The van der Waals surface area contributed by atoms with E-state index in [4.69, 9.17) is 16.6 Å². The minimum Gasteiger partial charge on any atom is -0.397 e. The predicted octanol–water partition coefficient (Wildman–Crippen LogP) is -0.0286. The van der Waals surface area contributed by atoms with Crippen LogP contribution in [0.15, 0.2) is 12.3 Å². The summed E-state index contributed by atoms with van der Waals surface area (Å²) in [6.07, 6.45) is 2.10. The summed E-state index contributed by atoms with van der Waals surface area (Å²) in [5, 5.41) is 8.82. The highest BCUT2D eigenvalue weighted by Crippen LogP contribution is 2.19. The molecule has 1 amide bonds. The average Bonchev–Trinajstić information content (AvgIpc) is 2.31. The van der Waals surface area contributed by atoms with Gasteiger partial charge in [0.2, 0.25) is 0 Å². The van der Waals surface area contributed by atoms with E-state index in [1.54, 1.807) is 0 Å². The summed E-state index contributed by atoms with van der Waals surface area (Å²) in [6, 6.07) is 1.52. The number of aliphatic hydroxyl groups is 1. The van der Waals surface area contributed by atoms with Gasteiger partial charge in [0, 0.05) is 19.7 Å².